The number of ether oxygens (including phenoxy) is 1. The molecular formula is C25H27N5O2. The molecule has 7 nitrogen and oxygen atoms in total. The van der Waals surface area contributed by atoms with E-state index in [4.69, 9.17) is 9.72 Å². The van der Waals surface area contributed by atoms with Crippen molar-refractivity contribution in [3.05, 3.63) is 42.7 Å². The zero-order valence-corrected chi connectivity index (χ0v) is 18.2. The first-order valence-corrected chi connectivity index (χ1v) is 11.5. The lowest BCUT2D eigenvalue weighted by Crippen LogP contribution is -2.17. The van der Waals surface area contributed by atoms with Crippen LogP contribution in [0.5, 0.6) is 5.88 Å². The lowest BCUT2D eigenvalue weighted by atomic mass is 10.0. The number of aromatic amines is 1. The zero-order valence-electron chi connectivity index (χ0n) is 18.2. The second-order valence-corrected chi connectivity index (χ2v) is 9.09. The number of benzene rings is 2. The summed E-state index contributed by atoms with van der Waals surface area (Å²) in [4.78, 5) is 19.4. The van der Waals surface area contributed by atoms with Crippen molar-refractivity contribution < 1.29 is 9.84 Å². The van der Waals surface area contributed by atoms with E-state index in [0.29, 0.717) is 23.5 Å². The molecule has 1 aliphatic carbocycles. The molecule has 2 aliphatic rings. The molecule has 2 aromatic heterocycles. The highest BCUT2D eigenvalue weighted by molar-refractivity contribution is 6.03. The van der Waals surface area contributed by atoms with Crippen LogP contribution in [0.3, 0.4) is 0 Å². The van der Waals surface area contributed by atoms with Crippen molar-refractivity contribution in [2.24, 2.45) is 5.92 Å². The highest BCUT2D eigenvalue weighted by Crippen LogP contribution is 2.37. The molecule has 3 heterocycles. The van der Waals surface area contributed by atoms with Crippen molar-refractivity contribution in [3.8, 4) is 17.3 Å². The van der Waals surface area contributed by atoms with Crippen LogP contribution >= 0.6 is 0 Å². The van der Waals surface area contributed by atoms with Gasteiger partial charge in [0.15, 0.2) is 5.65 Å². The number of aromatic nitrogens is 4. The van der Waals surface area contributed by atoms with Gasteiger partial charge in [0.2, 0.25) is 5.88 Å². The van der Waals surface area contributed by atoms with Crippen molar-refractivity contribution in [2.45, 2.75) is 44.8 Å². The number of aliphatic hydroxyl groups is 1. The predicted octanol–water partition coefficient (Wildman–Crippen LogP) is 4.31. The summed E-state index contributed by atoms with van der Waals surface area (Å²) in [6, 6.07) is 12.9. The fourth-order valence-electron chi connectivity index (χ4n) is 5.17. The fourth-order valence-corrected chi connectivity index (χ4v) is 5.17. The normalized spacial score (nSPS) is 23.4. The van der Waals surface area contributed by atoms with E-state index in [-0.39, 0.29) is 18.1 Å². The van der Waals surface area contributed by atoms with Gasteiger partial charge in [-0.2, -0.15) is 4.98 Å². The number of nitrogens with zero attached hydrogens (tertiary/aromatic N) is 4. The predicted molar refractivity (Wildman–Crippen MR) is 125 cm³/mol. The third-order valence-electron chi connectivity index (χ3n) is 6.93. The van der Waals surface area contributed by atoms with E-state index in [1.54, 1.807) is 0 Å². The third kappa shape index (κ3) is 3.28. The number of hydrogen-bond donors (Lipinski definition) is 2. The summed E-state index contributed by atoms with van der Waals surface area (Å²) in [7, 11) is 0. The van der Waals surface area contributed by atoms with E-state index in [0.717, 1.165) is 30.9 Å². The number of rotatable bonds is 4. The Labute approximate surface area is 186 Å². The van der Waals surface area contributed by atoms with Crippen molar-refractivity contribution >= 4 is 27.6 Å². The molecule has 0 radical (unpaired) electrons. The molecular weight excluding hydrogens is 402 g/mol. The number of aliphatic hydroxyl groups excluding tert-OH is 1. The van der Waals surface area contributed by atoms with Crippen molar-refractivity contribution in [3.63, 3.8) is 0 Å². The van der Waals surface area contributed by atoms with Gasteiger partial charge in [-0.3, -0.25) is 0 Å². The SMILES string of the molecule is C[C@H]1C[C@@H](Oc2ncnc3nc(-c4ccc(N5CCCC5)c5ccccc45)[nH]c23)C[C@@H]1O. The maximum absolute atomic E-state index is 10.1. The topological polar surface area (TPSA) is 87.2 Å². The van der Waals surface area contributed by atoms with E-state index in [1.165, 1.54) is 35.6 Å². The van der Waals surface area contributed by atoms with Gasteiger partial charge in [-0.15, -0.1) is 0 Å². The van der Waals surface area contributed by atoms with Crippen LogP contribution in [-0.4, -0.2) is 50.3 Å². The summed E-state index contributed by atoms with van der Waals surface area (Å²) >= 11 is 0. The molecule has 6 rings (SSSR count). The molecule has 0 bridgehead atoms. The number of imidazole rings is 1. The number of fused-ring (bicyclic) bond motifs is 2. The maximum Gasteiger partial charge on any atom is 0.243 e. The minimum atomic E-state index is -0.324. The molecule has 1 saturated carbocycles. The molecule has 164 valence electrons. The molecule has 1 saturated heterocycles. The monoisotopic (exact) mass is 429 g/mol. The number of anilines is 1. The number of hydrogen-bond acceptors (Lipinski definition) is 6. The van der Waals surface area contributed by atoms with E-state index >= 15 is 0 Å². The molecule has 32 heavy (non-hydrogen) atoms. The molecule has 0 spiro atoms. The Hall–Kier alpha value is -3.19. The third-order valence-corrected chi connectivity index (χ3v) is 6.93. The van der Waals surface area contributed by atoms with E-state index in [2.05, 4.69) is 63.2 Å². The summed E-state index contributed by atoms with van der Waals surface area (Å²) in [5.74, 6) is 1.49. The highest BCUT2D eigenvalue weighted by atomic mass is 16.5. The van der Waals surface area contributed by atoms with Gasteiger partial charge in [-0.1, -0.05) is 31.2 Å². The number of H-pyrrole nitrogens is 1. The largest absolute Gasteiger partial charge is 0.473 e. The van der Waals surface area contributed by atoms with Gasteiger partial charge in [-0.05, 0) is 42.7 Å². The van der Waals surface area contributed by atoms with Crippen molar-refractivity contribution in [1.82, 2.24) is 19.9 Å². The molecule has 3 atom stereocenters. The van der Waals surface area contributed by atoms with Crippen LogP contribution in [-0.2, 0) is 0 Å². The van der Waals surface area contributed by atoms with Crippen LogP contribution in [0.15, 0.2) is 42.7 Å². The van der Waals surface area contributed by atoms with Crippen LogP contribution in [0.4, 0.5) is 5.69 Å². The lowest BCUT2D eigenvalue weighted by Gasteiger charge is -2.20. The average Bonchev–Trinajstić information content (AvgIpc) is 3.54. The van der Waals surface area contributed by atoms with Crippen molar-refractivity contribution in [2.75, 3.05) is 18.0 Å². The molecule has 2 aromatic carbocycles. The van der Waals surface area contributed by atoms with Crippen LogP contribution in [0, 0.1) is 5.92 Å². The summed E-state index contributed by atoms with van der Waals surface area (Å²) in [5, 5.41) is 12.5. The quantitative estimate of drug-likeness (QED) is 0.503. The first-order chi connectivity index (χ1) is 15.7. The molecule has 2 N–H and O–H groups in total. The standard InChI is InChI=1S/C25H27N5O2/c1-15-12-16(13-21(15)31)32-25-22-24(26-14-27-25)29-23(28-22)19-8-9-20(30-10-4-5-11-30)18-7-3-2-6-17(18)19/h2-3,6-9,14-16,21,31H,4-5,10-13H2,1H3,(H,26,27,28,29)/t15-,16+,21-/m0/s1. The van der Waals surface area contributed by atoms with Crippen LogP contribution in [0.1, 0.15) is 32.6 Å². The van der Waals surface area contributed by atoms with Gasteiger partial charge in [0.25, 0.3) is 0 Å². The Balaban J connectivity index is 1.40. The van der Waals surface area contributed by atoms with E-state index in [1.807, 2.05) is 0 Å². The Morgan fingerprint density at radius 3 is 2.62 bits per heavy atom. The maximum atomic E-state index is 10.1. The second-order valence-electron chi connectivity index (χ2n) is 9.09. The van der Waals surface area contributed by atoms with Crippen LogP contribution < -0.4 is 9.64 Å². The molecule has 0 unspecified atom stereocenters. The number of nitrogens with one attached hydrogen (secondary N) is 1. The lowest BCUT2D eigenvalue weighted by molar-refractivity contribution is 0.129. The minimum Gasteiger partial charge on any atom is -0.473 e. The molecule has 0 amide bonds. The molecule has 2 fully saturated rings. The van der Waals surface area contributed by atoms with Crippen LogP contribution in [0.25, 0.3) is 33.3 Å². The first-order valence-electron chi connectivity index (χ1n) is 11.5. The Bertz CT molecular complexity index is 1270. The molecule has 7 heteroatoms. The van der Waals surface area contributed by atoms with Crippen molar-refractivity contribution in [1.29, 1.82) is 0 Å². The summed E-state index contributed by atoms with van der Waals surface area (Å²) in [6.45, 7) is 4.27. The van der Waals surface area contributed by atoms with Crippen LogP contribution in [0.2, 0.25) is 0 Å². The summed E-state index contributed by atoms with van der Waals surface area (Å²) in [6.07, 6.45) is 5.05. The Morgan fingerprint density at radius 1 is 1.03 bits per heavy atom. The summed E-state index contributed by atoms with van der Waals surface area (Å²) < 4.78 is 6.16. The van der Waals surface area contributed by atoms with Gasteiger partial charge >= 0.3 is 0 Å². The van der Waals surface area contributed by atoms with E-state index in [9.17, 15) is 5.11 Å². The highest BCUT2D eigenvalue weighted by Gasteiger charge is 2.32. The van der Waals surface area contributed by atoms with E-state index < -0.39 is 0 Å². The van der Waals surface area contributed by atoms with Gasteiger partial charge in [-0.25, -0.2) is 9.97 Å². The van der Waals surface area contributed by atoms with Gasteiger partial charge in [0.05, 0.1) is 6.10 Å². The summed E-state index contributed by atoms with van der Waals surface area (Å²) in [5.41, 5.74) is 3.61. The second kappa shape index (κ2) is 7.74. The van der Waals surface area contributed by atoms with Gasteiger partial charge < -0.3 is 19.7 Å². The fraction of sp³-hybridized carbons (Fsp3) is 0.400. The smallest absolute Gasteiger partial charge is 0.243 e. The Morgan fingerprint density at radius 2 is 1.84 bits per heavy atom. The zero-order chi connectivity index (χ0) is 21.7. The van der Waals surface area contributed by atoms with Gasteiger partial charge in [0.1, 0.15) is 23.8 Å². The Kier molecular flexibility index (Phi) is 4.72. The minimum absolute atomic E-state index is 0.0505. The van der Waals surface area contributed by atoms with Gasteiger partial charge in [0, 0.05) is 36.1 Å². The first kappa shape index (κ1) is 19.5. The molecule has 4 aromatic rings. The molecule has 1 aliphatic heterocycles. The average molecular weight is 430 g/mol.